The Morgan fingerprint density at radius 2 is 1.92 bits per heavy atom. The molecular formula is C19H20ClFN2O2. The van der Waals surface area contributed by atoms with Gasteiger partial charge in [-0.2, -0.15) is 0 Å². The molecule has 0 unspecified atom stereocenters. The quantitative estimate of drug-likeness (QED) is 0.833. The van der Waals surface area contributed by atoms with E-state index in [9.17, 15) is 14.0 Å². The van der Waals surface area contributed by atoms with E-state index >= 15 is 0 Å². The molecule has 4 nitrogen and oxygen atoms in total. The lowest BCUT2D eigenvalue weighted by Gasteiger charge is -2.22. The van der Waals surface area contributed by atoms with Crippen LogP contribution in [-0.4, -0.2) is 29.8 Å². The minimum Gasteiger partial charge on any atom is -0.329 e. The zero-order chi connectivity index (χ0) is 18.4. The number of amides is 2. The highest BCUT2D eigenvalue weighted by Crippen LogP contribution is 2.17. The van der Waals surface area contributed by atoms with E-state index in [1.165, 1.54) is 17.0 Å². The third-order valence-corrected chi connectivity index (χ3v) is 3.93. The number of hydrogen-bond acceptors (Lipinski definition) is 2. The summed E-state index contributed by atoms with van der Waals surface area (Å²) in [7, 11) is 0. The van der Waals surface area contributed by atoms with Gasteiger partial charge in [0.2, 0.25) is 5.91 Å². The molecular weight excluding hydrogens is 343 g/mol. The van der Waals surface area contributed by atoms with Crippen LogP contribution in [0.1, 0.15) is 29.3 Å². The summed E-state index contributed by atoms with van der Waals surface area (Å²) in [5.74, 6) is -1.56. The number of halogens is 2. The Hall–Kier alpha value is -2.40. The molecule has 0 atom stereocenters. The van der Waals surface area contributed by atoms with Crippen molar-refractivity contribution in [2.24, 2.45) is 0 Å². The van der Waals surface area contributed by atoms with Gasteiger partial charge in [-0.05, 0) is 43.2 Å². The van der Waals surface area contributed by atoms with Crippen molar-refractivity contribution < 1.29 is 14.0 Å². The first-order valence-corrected chi connectivity index (χ1v) is 8.40. The topological polar surface area (TPSA) is 49.4 Å². The molecule has 0 saturated carbocycles. The maximum absolute atomic E-state index is 14.0. The fourth-order valence-electron chi connectivity index (χ4n) is 2.43. The van der Waals surface area contributed by atoms with E-state index in [0.29, 0.717) is 18.7 Å². The van der Waals surface area contributed by atoms with E-state index in [-0.39, 0.29) is 23.0 Å². The number of benzene rings is 2. The van der Waals surface area contributed by atoms with Crippen molar-refractivity contribution in [3.8, 4) is 0 Å². The summed E-state index contributed by atoms with van der Waals surface area (Å²) in [6, 6.07) is 11.2. The fourth-order valence-corrected chi connectivity index (χ4v) is 2.59. The monoisotopic (exact) mass is 362 g/mol. The molecule has 2 amide bonds. The standard InChI is InChI=1S/C19H20ClFN2O2/c1-3-10-23(19(25)15-9-8-14(20)11-16(15)21)12-18(24)22-17-7-5-4-6-13(17)2/h4-9,11H,3,10,12H2,1-2H3,(H,22,24). The average molecular weight is 363 g/mol. The van der Waals surface area contributed by atoms with Gasteiger partial charge in [-0.25, -0.2) is 4.39 Å². The van der Waals surface area contributed by atoms with Crippen LogP contribution in [0.25, 0.3) is 0 Å². The van der Waals surface area contributed by atoms with Gasteiger partial charge in [-0.3, -0.25) is 9.59 Å². The molecule has 0 bridgehead atoms. The fraction of sp³-hybridized carbons (Fsp3) is 0.263. The number of carbonyl (C=O) groups is 2. The summed E-state index contributed by atoms with van der Waals surface area (Å²) in [4.78, 5) is 26.2. The van der Waals surface area contributed by atoms with Crippen molar-refractivity contribution in [3.05, 3.63) is 64.4 Å². The lowest BCUT2D eigenvalue weighted by atomic mass is 10.1. The number of aryl methyl sites for hydroxylation is 1. The van der Waals surface area contributed by atoms with Crippen LogP contribution in [0.3, 0.4) is 0 Å². The van der Waals surface area contributed by atoms with E-state index in [0.717, 1.165) is 11.6 Å². The Kier molecular flexibility index (Phi) is 6.53. The minimum atomic E-state index is -0.696. The van der Waals surface area contributed by atoms with Crippen LogP contribution in [0.5, 0.6) is 0 Å². The van der Waals surface area contributed by atoms with Gasteiger partial charge in [0.05, 0.1) is 5.56 Å². The van der Waals surface area contributed by atoms with Crippen molar-refractivity contribution in [3.63, 3.8) is 0 Å². The number of carbonyl (C=O) groups excluding carboxylic acids is 2. The van der Waals surface area contributed by atoms with E-state index < -0.39 is 11.7 Å². The lowest BCUT2D eigenvalue weighted by molar-refractivity contribution is -0.116. The molecule has 0 aliphatic heterocycles. The Labute approximate surface area is 151 Å². The average Bonchev–Trinajstić information content (AvgIpc) is 2.56. The summed E-state index contributed by atoms with van der Waals surface area (Å²) in [6.07, 6.45) is 0.651. The first-order chi connectivity index (χ1) is 11.9. The largest absolute Gasteiger partial charge is 0.329 e. The van der Waals surface area contributed by atoms with Crippen LogP contribution in [0.4, 0.5) is 10.1 Å². The lowest BCUT2D eigenvalue weighted by Crippen LogP contribution is -2.39. The Bertz CT molecular complexity index is 780. The van der Waals surface area contributed by atoms with Crippen molar-refractivity contribution in [2.45, 2.75) is 20.3 Å². The highest BCUT2D eigenvalue weighted by molar-refractivity contribution is 6.30. The molecule has 6 heteroatoms. The van der Waals surface area contributed by atoms with Gasteiger partial charge in [0.1, 0.15) is 12.4 Å². The molecule has 0 spiro atoms. The predicted octanol–water partition coefficient (Wildman–Crippen LogP) is 4.28. The number of nitrogens with one attached hydrogen (secondary N) is 1. The van der Waals surface area contributed by atoms with Gasteiger partial charge in [0, 0.05) is 17.3 Å². The van der Waals surface area contributed by atoms with Gasteiger partial charge in [-0.15, -0.1) is 0 Å². The van der Waals surface area contributed by atoms with Gasteiger partial charge < -0.3 is 10.2 Å². The summed E-state index contributed by atoms with van der Waals surface area (Å²) in [5, 5.41) is 3.00. The van der Waals surface area contributed by atoms with E-state index in [4.69, 9.17) is 11.6 Å². The maximum atomic E-state index is 14.0. The van der Waals surface area contributed by atoms with E-state index in [1.807, 2.05) is 32.0 Å². The van der Waals surface area contributed by atoms with Crippen LogP contribution in [0.2, 0.25) is 5.02 Å². The molecule has 0 radical (unpaired) electrons. The second kappa shape index (κ2) is 8.62. The zero-order valence-electron chi connectivity index (χ0n) is 14.2. The molecule has 1 N–H and O–H groups in total. The predicted molar refractivity (Wildman–Crippen MR) is 97.4 cm³/mol. The highest BCUT2D eigenvalue weighted by atomic mass is 35.5. The molecule has 132 valence electrons. The van der Waals surface area contributed by atoms with Crippen molar-refractivity contribution in [2.75, 3.05) is 18.4 Å². The Morgan fingerprint density at radius 3 is 2.56 bits per heavy atom. The van der Waals surface area contributed by atoms with Crippen LogP contribution < -0.4 is 5.32 Å². The summed E-state index contributed by atoms with van der Waals surface area (Å²) in [5.41, 5.74) is 1.52. The summed E-state index contributed by atoms with van der Waals surface area (Å²) < 4.78 is 14.0. The first-order valence-electron chi connectivity index (χ1n) is 8.02. The molecule has 0 aromatic heterocycles. The molecule has 0 aliphatic carbocycles. The minimum absolute atomic E-state index is 0.0958. The van der Waals surface area contributed by atoms with Gasteiger partial charge >= 0.3 is 0 Å². The number of hydrogen-bond donors (Lipinski definition) is 1. The van der Waals surface area contributed by atoms with Crippen LogP contribution >= 0.6 is 11.6 Å². The van der Waals surface area contributed by atoms with Crippen LogP contribution in [-0.2, 0) is 4.79 Å². The van der Waals surface area contributed by atoms with Crippen molar-refractivity contribution >= 4 is 29.1 Å². The first kappa shape index (κ1) is 18.9. The smallest absolute Gasteiger partial charge is 0.257 e. The number of para-hydroxylation sites is 1. The number of rotatable bonds is 6. The molecule has 25 heavy (non-hydrogen) atoms. The van der Waals surface area contributed by atoms with E-state index in [1.54, 1.807) is 6.07 Å². The van der Waals surface area contributed by atoms with E-state index in [2.05, 4.69) is 5.32 Å². The Morgan fingerprint density at radius 1 is 1.20 bits per heavy atom. The summed E-state index contributed by atoms with van der Waals surface area (Å²) >= 11 is 5.72. The van der Waals surface area contributed by atoms with Gasteiger partial charge in [-0.1, -0.05) is 36.7 Å². The molecule has 2 aromatic rings. The third-order valence-electron chi connectivity index (χ3n) is 3.70. The molecule has 2 aromatic carbocycles. The molecule has 2 rings (SSSR count). The maximum Gasteiger partial charge on any atom is 0.257 e. The zero-order valence-corrected chi connectivity index (χ0v) is 14.9. The van der Waals surface area contributed by atoms with Crippen LogP contribution in [0.15, 0.2) is 42.5 Å². The molecule has 0 saturated heterocycles. The molecule has 0 fully saturated rings. The van der Waals surface area contributed by atoms with Crippen molar-refractivity contribution in [1.29, 1.82) is 0 Å². The second-order valence-corrected chi connectivity index (χ2v) is 6.15. The Balaban J connectivity index is 2.13. The summed E-state index contributed by atoms with van der Waals surface area (Å²) in [6.45, 7) is 3.97. The highest BCUT2D eigenvalue weighted by Gasteiger charge is 2.21. The molecule has 0 aliphatic rings. The normalized spacial score (nSPS) is 10.4. The second-order valence-electron chi connectivity index (χ2n) is 5.71. The van der Waals surface area contributed by atoms with Crippen LogP contribution in [0, 0.1) is 12.7 Å². The van der Waals surface area contributed by atoms with Crippen molar-refractivity contribution in [1.82, 2.24) is 4.90 Å². The number of anilines is 1. The molecule has 0 heterocycles. The SMILES string of the molecule is CCCN(CC(=O)Nc1ccccc1C)C(=O)c1ccc(Cl)cc1F. The van der Waals surface area contributed by atoms with Gasteiger partial charge in [0.15, 0.2) is 0 Å². The van der Waals surface area contributed by atoms with Gasteiger partial charge in [0.25, 0.3) is 5.91 Å². The number of nitrogens with zero attached hydrogens (tertiary/aromatic N) is 1. The third kappa shape index (κ3) is 5.03.